The maximum Gasteiger partial charge on any atom is 0.177 e. The number of aromatic nitrogens is 2. The van der Waals surface area contributed by atoms with Crippen LogP contribution in [0.1, 0.15) is 44.8 Å². The van der Waals surface area contributed by atoms with Crippen LogP contribution in [0.2, 0.25) is 0 Å². The minimum absolute atomic E-state index is 0.457. The van der Waals surface area contributed by atoms with Gasteiger partial charge in [-0.3, -0.25) is 0 Å². The van der Waals surface area contributed by atoms with Crippen molar-refractivity contribution in [3.05, 3.63) is 16.7 Å². The Morgan fingerprint density at radius 2 is 2.00 bits per heavy atom. The first-order valence-electron chi connectivity index (χ1n) is 5.88. The standard InChI is InChI=1S/C12H23N3S/c1-9(2)11-8-13-12(16)15(11)10(3)6-7-14(4)5/h8-10H,6-7H2,1-5H3,(H,13,16). The Hall–Kier alpha value is -0.610. The second kappa shape index (κ2) is 5.64. The maximum atomic E-state index is 5.34. The Morgan fingerprint density at radius 1 is 1.38 bits per heavy atom. The van der Waals surface area contributed by atoms with Crippen molar-refractivity contribution in [1.29, 1.82) is 0 Å². The van der Waals surface area contributed by atoms with E-state index in [2.05, 4.69) is 49.3 Å². The van der Waals surface area contributed by atoms with Crippen LogP contribution in [0.15, 0.2) is 6.20 Å². The van der Waals surface area contributed by atoms with Crippen molar-refractivity contribution in [3.8, 4) is 0 Å². The molecule has 1 aromatic heterocycles. The summed E-state index contributed by atoms with van der Waals surface area (Å²) in [5.41, 5.74) is 1.30. The number of nitrogens with zero attached hydrogens (tertiary/aromatic N) is 2. The fourth-order valence-corrected chi connectivity index (χ4v) is 2.21. The molecule has 0 aromatic carbocycles. The summed E-state index contributed by atoms with van der Waals surface area (Å²) in [4.78, 5) is 5.36. The van der Waals surface area contributed by atoms with Crippen LogP contribution in [0.25, 0.3) is 0 Å². The lowest BCUT2D eigenvalue weighted by Crippen LogP contribution is -2.18. The van der Waals surface area contributed by atoms with E-state index in [9.17, 15) is 0 Å². The van der Waals surface area contributed by atoms with E-state index in [-0.39, 0.29) is 0 Å². The third kappa shape index (κ3) is 3.19. The van der Waals surface area contributed by atoms with Crippen molar-refractivity contribution in [1.82, 2.24) is 14.5 Å². The summed E-state index contributed by atoms with van der Waals surface area (Å²) in [6, 6.07) is 0.457. The van der Waals surface area contributed by atoms with E-state index in [0.717, 1.165) is 17.7 Å². The number of hydrogen-bond acceptors (Lipinski definition) is 2. The van der Waals surface area contributed by atoms with Gasteiger partial charge in [-0.25, -0.2) is 0 Å². The highest BCUT2D eigenvalue weighted by molar-refractivity contribution is 7.71. The van der Waals surface area contributed by atoms with E-state index in [0.29, 0.717) is 12.0 Å². The van der Waals surface area contributed by atoms with E-state index in [4.69, 9.17) is 12.2 Å². The van der Waals surface area contributed by atoms with E-state index in [1.165, 1.54) is 5.69 Å². The first-order valence-corrected chi connectivity index (χ1v) is 6.28. The van der Waals surface area contributed by atoms with Crippen LogP contribution in [0.4, 0.5) is 0 Å². The van der Waals surface area contributed by atoms with Gasteiger partial charge in [-0.1, -0.05) is 13.8 Å². The Morgan fingerprint density at radius 3 is 2.50 bits per heavy atom. The third-order valence-corrected chi connectivity index (χ3v) is 3.18. The summed E-state index contributed by atoms with van der Waals surface area (Å²) in [6.07, 6.45) is 3.16. The molecule has 0 amide bonds. The van der Waals surface area contributed by atoms with Crippen molar-refractivity contribution >= 4 is 12.2 Å². The summed E-state index contributed by atoms with van der Waals surface area (Å²) in [6.45, 7) is 7.73. The number of imidazole rings is 1. The largest absolute Gasteiger partial charge is 0.337 e. The van der Waals surface area contributed by atoms with Gasteiger partial charge in [0.25, 0.3) is 0 Å². The smallest absolute Gasteiger partial charge is 0.177 e. The number of nitrogens with one attached hydrogen (secondary N) is 1. The normalized spacial score (nSPS) is 13.7. The zero-order valence-electron chi connectivity index (χ0n) is 10.9. The predicted molar refractivity (Wildman–Crippen MR) is 71.6 cm³/mol. The molecule has 3 nitrogen and oxygen atoms in total. The lowest BCUT2D eigenvalue weighted by molar-refractivity contribution is 0.352. The zero-order chi connectivity index (χ0) is 12.3. The minimum Gasteiger partial charge on any atom is -0.337 e. The Labute approximate surface area is 103 Å². The van der Waals surface area contributed by atoms with Gasteiger partial charge in [0.05, 0.1) is 0 Å². The van der Waals surface area contributed by atoms with Gasteiger partial charge in [0.15, 0.2) is 4.77 Å². The van der Waals surface area contributed by atoms with Gasteiger partial charge in [0, 0.05) is 17.9 Å². The predicted octanol–water partition coefficient (Wildman–Crippen LogP) is 3.18. The Kier molecular flexibility index (Phi) is 4.74. The summed E-state index contributed by atoms with van der Waals surface area (Å²) < 4.78 is 3.10. The highest BCUT2D eigenvalue weighted by Gasteiger charge is 2.13. The SMILES string of the molecule is CC(C)c1c[nH]c(=S)n1C(C)CCN(C)C. The lowest BCUT2D eigenvalue weighted by atomic mass is 10.1. The molecule has 0 aliphatic rings. The number of hydrogen-bond donors (Lipinski definition) is 1. The van der Waals surface area contributed by atoms with E-state index in [1.807, 2.05) is 6.20 Å². The molecule has 0 saturated heterocycles. The van der Waals surface area contributed by atoms with Crippen molar-refractivity contribution in [2.75, 3.05) is 20.6 Å². The van der Waals surface area contributed by atoms with Crippen LogP contribution in [-0.4, -0.2) is 35.1 Å². The lowest BCUT2D eigenvalue weighted by Gasteiger charge is -2.20. The molecule has 1 N–H and O–H groups in total. The van der Waals surface area contributed by atoms with Crippen LogP contribution < -0.4 is 0 Å². The maximum absolute atomic E-state index is 5.34. The monoisotopic (exact) mass is 241 g/mol. The highest BCUT2D eigenvalue weighted by atomic mass is 32.1. The topological polar surface area (TPSA) is 24.0 Å². The van der Waals surface area contributed by atoms with Gasteiger partial charge in [-0.05, 0) is 52.1 Å². The molecule has 92 valence electrons. The molecular weight excluding hydrogens is 218 g/mol. The molecule has 0 aliphatic heterocycles. The zero-order valence-corrected chi connectivity index (χ0v) is 11.8. The van der Waals surface area contributed by atoms with Crippen LogP contribution in [0.3, 0.4) is 0 Å². The van der Waals surface area contributed by atoms with Crippen molar-refractivity contribution in [3.63, 3.8) is 0 Å². The van der Waals surface area contributed by atoms with Gasteiger partial charge in [0.1, 0.15) is 0 Å². The number of rotatable bonds is 5. The Bertz CT molecular complexity index is 376. The summed E-state index contributed by atoms with van der Waals surface area (Å²) in [5.74, 6) is 0.509. The molecule has 1 unspecified atom stereocenters. The van der Waals surface area contributed by atoms with Crippen LogP contribution in [-0.2, 0) is 0 Å². The third-order valence-electron chi connectivity index (χ3n) is 2.87. The van der Waals surface area contributed by atoms with Crippen molar-refractivity contribution in [2.24, 2.45) is 0 Å². The van der Waals surface area contributed by atoms with Gasteiger partial charge < -0.3 is 14.5 Å². The quantitative estimate of drug-likeness (QED) is 0.801. The average Bonchev–Trinajstić information content (AvgIpc) is 2.56. The van der Waals surface area contributed by atoms with Gasteiger partial charge >= 0.3 is 0 Å². The van der Waals surface area contributed by atoms with Gasteiger partial charge in [-0.2, -0.15) is 0 Å². The molecule has 0 fully saturated rings. The van der Waals surface area contributed by atoms with E-state index >= 15 is 0 Å². The van der Waals surface area contributed by atoms with Crippen molar-refractivity contribution in [2.45, 2.75) is 39.2 Å². The molecule has 0 saturated carbocycles. The number of H-pyrrole nitrogens is 1. The highest BCUT2D eigenvalue weighted by Crippen LogP contribution is 2.21. The van der Waals surface area contributed by atoms with Gasteiger partial charge in [-0.15, -0.1) is 0 Å². The molecule has 1 rings (SSSR count). The first-order chi connectivity index (χ1) is 7.43. The van der Waals surface area contributed by atoms with Crippen LogP contribution in [0, 0.1) is 4.77 Å². The van der Waals surface area contributed by atoms with E-state index < -0.39 is 0 Å². The summed E-state index contributed by atoms with van der Waals surface area (Å²) >= 11 is 5.34. The molecular formula is C12H23N3S. The molecule has 0 aliphatic carbocycles. The second-order valence-electron chi connectivity index (χ2n) is 4.98. The fraction of sp³-hybridized carbons (Fsp3) is 0.750. The molecule has 0 radical (unpaired) electrons. The Balaban J connectivity index is 2.85. The minimum atomic E-state index is 0.457. The molecule has 0 spiro atoms. The molecule has 1 atom stereocenters. The average molecular weight is 241 g/mol. The summed E-state index contributed by atoms with van der Waals surface area (Å²) in [5, 5.41) is 0. The number of aromatic amines is 1. The van der Waals surface area contributed by atoms with Crippen LogP contribution in [0.5, 0.6) is 0 Å². The molecule has 4 heteroatoms. The molecule has 16 heavy (non-hydrogen) atoms. The first kappa shape index (κ1) is 13.5. The van der Waals surface area contributed by atoms with Gasteiger partial charge in [0.2, 0.25) is 0 Å². The fourth-order valence-electron chi connectivity index (χ4n) is 1.87. The molecule has 1 aromatic rings. The van der Waals surface area contributed by atoms with E-state index in [1.54, 1.807) is 0 Å². The molecule has 1 heterocycles. The summed E-state index contributed by atoms with van der Waals surface area (Å²) in [7, 11) is 4.21. The van der Waals surface area contributed by atoms with Crippen LogP contribution >= 0.6 is 12.2 Å². The second-order valence-corrected chi connectivity index (χ2v) is 5.37. The van der Waals surface area contributed by atoms with Crippen molar-refractivity contribution < 1.29 is 0 Å². The molecule has 0 bridgehead atoms.